The average molecular weight is 419 g/mol. The molecule has 0 spiro atoms. The smallest absolute Gasteiger partial charge is 0.342 e. The number of hydrogen-bond acceptors (Lipinski definition) is 5. The Labute approximate surface area is 181 Å². The Hall–Kier alpha value is -3.80. The summed E-state index contributed by atoms with van der Waals surface area (Å²) in [5.74, 6) is 0.123. The molecule has 0 fully saturated rings. The van der Waals surface area contributed by atoms with Gasteiger partial charge in [0, 0.05) is 0 Å². The van der Waals surface area contributed by atoms with E-state index in [1.807, 2.05) is 67.6 Å². The lowest BCUT2D eigenvalue weighted by Gasteiger charge is -2.15. The van der Waals surface area contributed by atoms with Gasteiger partial charge in [-0.25, -0.2) is 4.79 Å². The second-order valence-corrected chi connectivity index (χ2v) is 6.78. The number of rotatable bonds is 10. The molecular formula is C25H25NO5. The molecule has 0 saturated heterocycles. The second-order valence-electron chi connectivity index (χ2n) is 6.78. The van der Waals surface area contributed by atoms with Crippen molar-refractivity contribution in [3.8, 4) is 11.5 Å². The van der Waals surface area contributed by atoms with Gasteiger partial charge in [0.15, 0.2) is 6.61 Å². The molecule has 0 aliphatic rings. The van der Waals surface area contributed by atoms with Crippen molar-refractivity contribution < 1.29 is 23.8 Å². The summed E-state index contributed by atoms with van der Waals surface area (Å²) in [7, 11) is 0. The highest BCUT2D eigenvalue weighted by molar-refractivity contribution is 5.94. The molecule has 3 rings (SSSR count). The fourth-order valence-electron chi connectivity index (χ4n) is 2.91. The van der Waals surface area contributed by atoms with E-state index >= 15 is 0 Å². The van der Waals surface area contributed by atoms with E-state index in [-0.39, 0.29) is 30.7 Å². The lowest BCUT2D eigenvalue weighted by Crippen LogP contribution is -2.31. The van der Waals surface area contributed by atoms with E-state index in [9.17, 15) is 9.59 Å². The van der Waals surface area contributed by atoms with Crippen LogP contribution in [0.15, 0.2) is 84.9 Å². The van der Waals surface area contributed by atoms with Crippen LogP contribution in [0, 0.1) is 0 Å². The molecular weight excluding hydrogens is 394 g/mol. The number of ether oxygens (including phenoxy) is 3. The first-order chi connectivity index (χ1) is 15.1. The third kappa shape index (κ3) is 6.89. The first-order valence-corrected chi connectivity index (χ1v) is 10.0. The zero-order valence-electron chi connectivity index (χ0n) is 17.3. The van der Waals surface area contributed by atoms with E-state index in [0.717, 1.165) is 11.3 Å². The Morgan fingerprint density at radius 2 is 1.42 bits per heavy atom. The van der Waals surface area contributed by atoms with Crippen LogP contribution in [0.5, 0.6) is 11.5 Å². The normalized spacial score (nSPS) is 11.3. The Morgan fingerprint density at radius 1 is 0.806 bits per heavy atom. The number of amides is 1. The Bertz CT molecular complexity index is 975. The Morgan fingerprint density at radius 3 is 2.16 bits per heavy atom. The van der Waals surface area contributed by atoms with Gasteiger partial charge in [-0.05, 0) is 36.8 Å². The molecule has 0 aliphatic carbocycles. The number of carbonyl (C=O) groups excluding carboxylic acids is 2. The maximum absolute atomic E-state index is 12.5. The van der Waals surface area contributed by atoms with Gasteiger partial charge < -0.3 is 19.5 Å². The molecule has 6 nitrogen and oxygen atoms in total. The number of hydrogen-bond donors (Lipinski definition) is 1. The highest BCUT2D eigenvalue weighted by Crippen LogP contribution is 2.19. The van der Waals surface area contributed by atoms with Gasteiger partial charge >= 0.3 is 5.97 Å². The third-order valence-corrected chi connectivity index (χ3v) is 4.47. The standard InChI is InChI=1S/C25H25NO5/c1-19(20-10-4-2-5-11-20)26-24(27)18-31-25(28)22-14-8-9-15-23(22)30-17-16-29-21-12-6-3-7-13-21/h2-15,19H,16-18H2,1H3,(H,26,27)/t19-/m0/s1. The molecule has 1 N–H and O–H groups in total. The molecule has 0 unspecified atom stereocenters. The monoisotopic (exact) mass is 419 g/mol. The summed E-state index contributed by atoms with van der Waals surface area (Å²) in [5.41, 5.74) is 1.23. The van der Waals surface area contributed by atoms with Gasteiger partial charge in [-0.3, -0.25) is 4.79 Å². The second kappa shape index (κ2) is 11.4. The molecule has 3 aromatic carbocycles. The fourth-order valence-corrected chi connectivity index (χ4v) is 2.91. The zero-order chi connectivity index (χ0) is 21.9. The van der Waals surface area contributed by atoms with Gasteiger partial charge in [0.1, 0.15) is 30.3 Å². The predicted molar refractivity (Wildman–Crippen MR) is 117 cm³/mol. The van der Waals surface area contributed by atoms with Crippen molar-refractivity contribution in [1.82, 2.24) is 5.32 Å². The van der Waals surface area contributed by atoms with Crippen LogP contribution in [0.1, 0.15) is 28.9 Å². The van der Waals surface area contributed by atoms with E-state index in [4.69, 9.17) is 14.2 Å². The third-order valence-electron chi connectivity index (χ3n) is 4.47. The summed E-state index contributed by atoms with van der Waals surface area (Å²) >= 11 is 0. The predicted octanol–water partition coefficient (Wildman–Crippen LogP) is 4.18. The minimum Gasteiger partial charge on any atom is -0.490 e. The highest BCUT2D eigenvalue weighted by Gasteiger charge is 2.16. The Kier molecular flexibility index (Phi) is 8.05. The van der Waals surface area contributed by atoms with Crippen molar-refractivity contribution in [3.05, 3.63) is 96.1 Å². The van der Waals surface area contributed by atoms with Crippen molar-refractivity contribution in [3.63, 3.8) is 0 Å². The minimum absolute atomic E-state index is 0.187. The molecule has 1 atom stereocenters. The summed E-state index contributed by atoms with van der Waals surface area (Å²) in [6, 6.07) is 25.5. The van der Waals surface area contributed by atoms with Gasteiger partial charge in [-0.1, -0.05) is 60.7 Å². The number of nitrogens with one attached hydrogen (secondary N) is 1. The van der Waals surface area contributed by atoms with Crippen molar-refractivity contribution in [2.24, 2.45) is 0 Å². The van der Waals surface area contributed by atoms with Gasteiger partial charge in [0.2, 0.25) is 0 Å². The van der Waals surface area contributed by atoms with Crippen LogP contribution in [-0.4, -0.2) is 31.7 Å². The first-order valence-electron chi connectivity index (χ1n) is 10.0. The number of esters is 1. The number of para-hydroxylation sites is 2. The van der Waals surface area contributed by atoms with Crippen LogP contribution in [0.4, 0.5) is 0 Å². The molecule has 160 valence electrons. The molecule has 0 radical (unpaired) electrons. The van der Waals surface area contributed by atoms with Crippen molar-refractivity contribution >= 4 is 11.9 Å². The molecule has 31 heavy (non-hydrogen) atoms. The largest absolute Gasteiger partial charge is 0.490 e. The maximum atomic E-state index is 12.5. The maximum Gasteiger partial charge on any atom is 0.342 e. The van der Waals surface area contributed by atoms with Crippen LogP contribution in [0.2, 0.25) is 0 Å². The van der Waals surface area contributed by atoms with Crippen molar-refractivity contribution in [2.75, 3.05) is 19.8 Å². The van der Waals surface area contributed by atoms with Gasteiger partial charge in [-0.15, -0.1) is 0 Å². The lowest BCUT2D eigenvalue weighted by molar-refractivity contribution is -0.124. The summed E-state index contributed by atoms with van der Waals surface area (Å²) in [4.78, 5) is 24.6. The minimum atomic E-state index is -0.623. The van der Waals surface area contributed by atoms with Crippen LogP contribution in [0.25, 0.3) is 0 Å². The van der Waals surface area contributed by atoms with E-state index in [2.05, 4.69) is 5.32 Å². The quantitative estimate of drug-likeness (QED) is 0.394. The van der Waals surface area contributed by atoms with E-state index < -0.39 is 5.97 Å². The number of carbonyl (C=O) groups is 2. The van der Waals surface area contributed by atoms with Gasteiger partial charge in [0.05, 0.1) is 6.04 Å². The average Bonchev–Trinajstić information content (AvgIpc) is 2.82. The fraction of sp³-hybridized carbons (Fsp3) is 0.200. The summed E-state index contributed by atoms with van der Waals surface area (Å²) in [6.45, 7) is 2.08. The molecule has 0 aliphatic heterocycles. The van der Waals surface area contributed by atoms with Crippen LogP contribution in [-0.2, 0) is 9.53 Å². The van der Waals surface area contributed by atoms with E-state index in [0.29, 0.717) is 12.4 Å². The first kappa shape index (κ1) is 21.9. The summed E-state index contributed by atoms with van der Waals surface area (Å²) in [5, 5.41) is 2.81. The summed E-state index contributed by atoms with van der Waals surface area (Å²) in [6.07, 6.45) is 0. The van der Waals surface area contributed by atoms with E-state index in [1.165, 1.54) is 0 Å². The Balaban J connectivity index is 1.47. The van der Waals surface area contributed by atoms with E-state index in [1.54, 1.807) is 24.3 Å². The SMILES string of the molecule is C[C@H](NC(=O)COC(=O)c1ccccc1OCCOc1ccccc1)c1ccccc1. The van der Waals surface area contributed by atoms with Gasteiger partial charge in [-0.2, -0.15) is 0 Å². The lowest BCUT2D eigenvalue weighted by atomic mass is 10.1. The molecule has 3 aromatic rings. The molecule has 1 amide bonds. The van der Waals surface area contributed by atoms with Crippen molar-refractivity contribution in [2.45, 2.75) is 13.0 Å². The van der Waals surface area contributed by atoms with Crippen LogP contribution >= 0.6 is 0 Å². The molecule has 6 heteroatoms. The molecule has 0 saturated carbocycles. The highest BCUT2D eigenvalue weighted by atomic mass is 16.5. The summed E-state index contributed by atoms with van der Waals surface area (Å²) < 4.78 is 16.4. The van der Waals surface area contributed by atoms with Crippen LogP contribution < -0.4 is 14.8 Å². The molecule has 0 bridgehead atoms. The topological polar surface area (TPSA) is 73.9 Å². The van der Waals surface area contributed by atoms with Gasteiger partial charge in [0.25, 0.3) is 5.91 Å². The van der Waals surface area contributed by atoms with Crippen molar-refractivity contribution in [1.29, 1.82) is 0 Å². The molecule has 0 aromatic heterocycles. The molecule has 0 heterocycles. The zero-order valence-corrected chi connectivity index (χ0v) is 17.3. The number of benzene rings is 3. The van der Waals surface area contributed by atoms with Crippen LogP contribution in [0.3, 0.4) is 0 Å².